The zero-order valence-corrected chi connectivity index (χ0v) is 15.2. The van der Waals surface area contributed by atoms with Gasteiger partial charge in [-0.05, 0) is 49.7 Å². The van der Waals surface area contributed by atoms with Gasteiger partial charge in [0, 0.05) is 11.3 Å². The third-order valence-electron chi connectivity index (χ3n) is 4.11. The number of aryl methyl sites for hydroxylation is 2. The summed E-state index contributed by atoms with van der Waals surface area (Å²) in [4.78, 5) is 29.4. The Balaban J connectivity index is 1.88. The minimum atomic E-state index is -0.462. The Morgan fingerprint density at radius 2 is 1.70 bits per heavy atom. The number of benzene rings is 2. The largest absolute Gasteiger partial charge is 0.469 e. The number of carbonyl (C=O) groups is 2. The summed E-state index contributed by atoms with van der Waals surface area (Å²) >= 11 is 0. The van der Waals surface area contributed by atoms with E-state index in [1.807, 2.05) is 44.2 Å². The molecule has 3 rings (SSSR count). The molecule has 0 aliphatic rings. The molecule has 0 unspecified atom stereocenters. The summed E-state index contributed by atoms with van der Waals surface area (Å²) in [7, 11) is 0. The van der Waals surface area contributed by atoms with Crippen molar-refractivity contribution in [2.45, 2.75) is 20.3 Å². The summed E-state index contributed by atoms with van der Waals surface area (Å²) < 4.78 is 5.32. The summed E-state index contributed by atoms with van der Waals surface area (Å²) in [6, 6.07) is 18.0. The zero-order valence-electron chi connectivity index (χ0n) is 15.2. The van der Waals surface area contributed by atoms with Gasteiger partial charge in [0.1, 0.15) is 11.5 Å². The summed E-state index contributed by atoms with van der Waals surface area (Å²) in [6.07, 6.45) is 1.65. The van der Waals surface area contributed by atoms with Gasteiger partial charge in [0.15, 0.2) is 0 Å². The maximum Gasteiger partial charge on any atom is 0.277 e. The van der Waals surface area contributed by atoms with Gasteiger partial charge in [-0.1, -0.05) is 35.9 Å². The molecule has 27 heavy (non-hydrogen) atoms. The predicted octanol–water partition coefficient (Wildman–Crippen LogP) is 4.36. The lowest BCUT2D eigenvalue weighted by atomic mass is 10.1. The lowest BCUT2D eigenvalue weighted by Gasteiger charge is -2.09. The highest BCUT2D eigenvalue weighted by Crippen LogP contribution is 2.14. The fourth-order valence-corrected chi connectivity index (χ4v) is 2.54. The van der Waals surface area contributed by atoms with Crippen LogP contribution < -0.4 is 5.32 Å². The molecule has 1 aromatic heterocycles. The standard InChI is InChI=1S/C22H20N2O3/c1-15-9-11-17(12-10-15)21(25)24-20(14-18-7-5-13-27-18)22(26)23-19-8-4-3-6-16(19)2/h3-13H,14H2,1-2H3,(H,23,26). The van der Waals surface area contributed by atoms with E-state index < -0.39 is 11.8 Å². The van der Waals surface area contributed by atoms with Crippen LogP contribution in [0.5, 0.6) is 0 Å². The summed E-state index contributed by atoms with van der Waals surface area (Å²) in [5.41, 5.74) is 3.18. The van der Waals surface area contributed by atoms with Crippen molar-refractivity contribution in [1.29, 1.82) is 0 Å². The molecule has 5 nitrogen and oxygen atoms in total. The molecule has 2 aromatic carbocycles. The van der Waals surface area contributed by atoms with E-state index in [9.17, 15) is 9.59 Å². The molecule has 136 valence electrons. The van der Waals surface area contributed by atoms with Crippen molar-refractivity contribution in [3.63, 3.8) is 0 Å². The summed E-state index contributed by atoms with van der Waals surface area (Å²) in [5.74, 6) is -0.331. The molecule has 0 aliphatic heterocycles. The molecule has 0 atom stereocenters. The molecule has 0 saturated carbocycles. The van der Waals surface area contributed by atoms with Crippen LogP contribution in [-0.2, 0) is 11.2 Å². The number of para-hydroxylation sites is 1. The molecule has 0 saturated heterocycles. The van der Waals surface area contributed by atoms with Gasteiger partial charge in [0.25, 0.3) is 11.8 Å². The molecule has 1 heterocycles. The Morgan fingerprint density at radius 1 is 0.963 bits per heavy atom. The predicted molar refractivity (Wildman–Crippen MR) is 105 cm³/mol. The van der Waals surface area contributed by atoms with Crippen molar-refractivity contribution in [3.8, 4) is 0 Å². The molecule has 0 radical (unpaired) electrons. The van der Waals surface area contributed by atoms with Crippen LogP contribution in [-0.4, -0.2) is 17.5 Å². The van der Waals surface area contributed by atoms with Crippen LogP contribution in [0.25, 0.3) is 0 Å². The topological polar surface area (TPSA) is 71.7 Å². The highest BCUT2D eigenvalue weighted by atomic mass is 16.3. The highest BCUT2D eigenvalue weighted by Gasteiger charge is 2.17. The smallest absolute Gasteiger partial charge is 0.277 e. The van der Waals surface area contributed by atoms with Crippen molar-refractivity contribution >= 4 is 23.2 Å². The summed E-state index contributed by atoms with van der Waals surface area (Å²) in [6.45, 7) is 3.84. The Hall–Kier alpha value is -3.47. The number of nitrogens with one attached hydrogen (secondary N) is 1. The first-order valence-corrected chi connectivity index (χ1v) is 8.61. The monoisotopic (exact) mass is 360 g/mol. The molecule has 0 aliphatic carbocycles. The highest BCUT2D eigenvalue weighted by molar-refractivity contribution is 6.45. The first-order valence-electron chi connectivity index (χ1n) is 8.61. The normalized spacial score (nSPS) is 11.3. The van der Waals surface area contributed by atoms with Crippen LogP contribution in [0.4, 0.5) is 5.69 Å². The van der Waals surface area contributed by atoms with Gasteiger partial charge in [0.2, 0.25) is 0 Å². The van der Waals surface area contributed by atoms with Gasteiger partial charge >= 0.3 is 0 Å². The number of anilines is 1. The third kappa shape index (κ3) is 4.79. The second-order valence-corrected chi connectivity index (χ2v) is 6.25. The number of rotatable bonds is 5. The van der Waals surface area contributed by atoms with E-state index in [-0.39, 0.29) is 12.1 Å². The van der Waals surface area contributed by atoms with Gasteiger partial charge in [-0.3, -0.25) is 9.59 Å². The Morgan fingerprint density at radius 3 is 2.37 bits per heavy atom. The lowest BCUT2D eigenvalue weighted by Crippen LogP contribution is -2.26. The van der Waals surface area contributed by atoms with Crippen LogP contribution in [0.3, 0.4) is 0 Å². The molecular formula is C22H20N2O3. The van der Waals surface area contributed by atoms with Crippen molar-refractivity contribution < 1.29 is 14.0 Å². The van der Waals surface area contributed by atoms with Gasteiger partial charge in [-0.2, -0.15) is 0 Å². The maximum absolute atomic E-state index is 12.8. The van der Waals surface area contributed by atoms with E-state index in [1.165, 1.54) is 6.26 Å². The maximum atomic E-state index is 12.8. The van der Waals surface area contributed by atoms with Crippen LogP contribution in [0, 0.1) is 13.8 Å². The number of carbonyl (C=O) groups excluding carboxylic acids is 2. The second kappa shape index (κ2) is 8.27. The molecular weight excluding hydrogens is 340 g/mol. The van der Waals surface area contributed by atoms with Gasteiger partial charge in [-0.15, -0.1) is 0 Å². The van der Waals surface area contributed by atoms with Crippen LogP contribution in [0.2, 0.25) is 0 Å². The molecule has 3 aromatic rings. The summed E-state index contributed by atoms with van der Waals surface area (Å²) in [5, 5.41) is 2.83. The van der Waals surface area contributed by atoms with Gasteiger partial charge in [0.05, 0.1) is 12.7 Å². The number of hydrogen-bond donors (Lipinski definition) is 1. The Kier molecular flexibility index (Phi) is 5.61. The molecule has 5 heteroatoms. The van der Waals surface area contributed by atoms with E-state index in [2.05, 4.69) is 10.3 Å². The zero-order chi connectivity index (χ0) is 19.2. The van der Waals surface area contributed by atoms with E-state index in [4.69, 9.17) is 4.42 Å². The van der Waals surface area contributed by atoms with Crippen molar-refractivity contribution in [3.05, 3.63) is 89.4 Å². The number of furan rings is 1. The van der Waals surface area contributed by atoms with Crippen LogP contribution in [0.1, 0.15) is 27.2 Å². The van der Waals surface area contributed by atoms with Crippen molar-refractivity contribution in [1.82, 2.24) is 0 Å². The molecule has 0 spiro atoms. The van der Waals surface area contributed by atoms with Crippen LogP contribution in [0.15, 0.2) is 76.3 Å². The fraction of sp³-hybridized carbons (Fsp3) is 0.136. The number of nitrogens with zero attached hydrogens (tertiary/aromatic N) is 1. The third-order valence-corrected chi connectivity index (χ3v) is 4.11. The molecule has 0 fully saturated rings. The lowest BCUT2D eigenvalue weighted by molar-refractivity contribution is -0.110. The average molecular weight is 360 g/mol. The molecule has 0 bridgehead atoms. The van der Waals surface area contributed by atoms with Gasteiger partial charge in [-0.25, -0.2) is 4.99 Å². The first-order chi connectivity index (χ1) is 13.0. The molecule has 1 N–H and O–H groups in total. The van der Waals surface area contributed by atoms with E-state index in [0.717, 1.165) is 11.1 Å². The van der Waals surface area contributed by atoms with Crippen molar-refractivity contribution in [2.75, 3.05) is 5.32 Å². The van der Waals surface area contributed by atoms with E-state index in [0.29, 0.717) is 17.0 Å². The minimum Gasteiger partial charge on any atom is -0.469 e. The Bertz CT molecular complexity index is 971. The average Bonchev–Trinajstić information content (AvgIpc) is 3.16. The molecule has 2 amide bonds. The number of hydrogen-bond acceptors (Lipinski definition) is 3. The quantitative estimate of drug-likeness (QED) is 0.687. The first kappa shape index (κ1) is 18.3. The van der Waals surface area contributed by atoms with E-state index in [1.54, 1.807) is 30.3 Å². The number of aliphatic imine (C=N–C) groups is 1. The van der Waals surface area contributed by atoms with Crippen molar-refractivity contribution in [2.24, 2.45) is 4.99 Å². The number of amides is 2. The van der Waals surface area contributed by atoms with E-state index >= 15 is 0 Å². The van der Waals surface area contributed by atoms with Gasteiger partial charge < -0.3 is 9.73 Å². The Labute approximate surface area is 157 Å². The fourth-order valence-electron chi connectivity index (χ4n) is 2.54. The minimum absolute atomic E-state index is 0.0961. The second-order valence-electron chi connectivity index (χ2n) is 6.25. The van der Waals surface area contributed by atoms with Crippen LogP contribution >= 0.6 is 0 Å². The SMILES string of the molecule is Cc1ccc(C(=O)N=C(Cc2ccco2)C(=O)Nc2ccccc2C)cc1.